The van der Waals surface area contributed by atoms with Crippen molar-refractivity contribution in [2.45, 2.75) is 38.6 Å². The van der Waals surface area contributed by atoms with Crippen LogP contribution in [0.3, 0.4) is 0 Å². The Hall–Kier alpha value is -2.56. The van der Waals surface area contributed by atoms with Gasteiger partial charge in [-0.1, -0.05) is 36.4 Å². The number of nitrogens with zero attached hydrogens (tertiary/aromatic N) is 3. The fourth-order valence-corrected chi connectivity index (χ4v) is 3.88. The third kappa shape index (κ3) is 5.98. The molecule has 5 nitrogen and oxygen atoms in total. The van der Waals surface area contributed by atoms with Gasteiger partial charge in [0.15, 0.2) is 5.96 Å². The second kappa shape index (κ2) is 10.7. The van der Waals surface area contributed by atoms with Gasteiger partial charge in [0.05, 0.1) is 0 Å². The minimum atomic E-state index is 0.0737. The summed E-state index contributed by atoms with van der Waals surface area (Å²) in [4.78, 5) is 18.6. The van der Waals surface area contributed by atoms with Crippen LogP contribution in [0.5, 0.6) is 0 Å². The Morgan fingerprint density at radius 1 is 1.07 bits per heavy atom. The molecule has 0 spiro atoms. The molecule has 1 fully saturated rings. The minimum Gasteiger partial charge on any atom is -0.356 e. The highest BCUT2D eigenvalue weighted by Crippen LogP contribution is 2.21. The van der Waals surface area contributed by atoms with Gasteiger partial charge in [0, 0.05) is 45.5 Å². The molecule has 28 heavy (non-hydrogen) atoms. The number of hydrogen-bond donors (Lipinski definition) is 1. The monoisotopic (exact) mass is 380 g/mol. The van der Waals surface area contributed by atoms with Crippen molar-refractivity contribution in [3.63, 3.8) is 0 Å². The van der Waals surface area contributed by atoms with E-state index in [4.69, 9.17) is 0 Å². The number of hydrogen-bond acceptors (Lipinski definition) is 2. The molecule has 2 heterocycles. The van der Waals surface area contributed by atoms with Gasteiger partial charge in [-0.25, -0.2) is 0 Å². The molecule has 1 aliphatic heterocycles. The Bertz CT molecular complexity index is 792. The first kappa shape index (κ1) is 20.2. The lowest BCUT2D eigenvalue weighted by Gasteiger charge is -2.34. The van der Waals surface area contributed by atoms with Crippen molar-refractivity contribution < 1.29 is 0 Å². The largest absolute Gasteiger partial charge is 0.356 e. The van der Waals surface area contributed by atoms with Gasteiger partial charge < -0.3 is 14.8 Å². The zero-order valence-corrected chi connectivity index (χ0v) is 16.9. The summed E-state index contributed by atoms with van der Waals surface area (Å²) in [7, 11) is 1.86. The number of benzene rings is 1. The summed E-state index contributed by atoms with van der Waals surface area (Å²) in [6.45, 7) is 3.79. The maximum absolute atomic E-state index is 11.7. The molecule has 5 heteroatoms. The molecular weight excluding hydrogens is 348 g/mol. The SMILES string of the molecule is CN=C(NCCCCn1ccccc1=O)N1CCC(Cc2ccccc2)CC1. The van der Waals surface area contributed by atoms with Crippen molar-refractivity contribution in [3.8, 4) is 0 Å². The number of unbranched alkanes of at least 4 members (excludes halogenated alkanes) is 1. The van der Waals surface area contributed by atoms with Crippen LogP contribution >= 0.6 is 0 Å². The maximum atomic E-state index is 11.7. The first-order chi connectivity index (χ1) is 13.8. The average Bonchev–Trinajstić information content (AvgIpc) is 2.73. The van der Waals surface area contributed by atoms with E-state index in [1.807, 2.05) is 19.3 Å². The molecule has 1 aliphatic rings. The quantitative estimate of drug-likeness (QED) is 0.456. The van der Waals surface area contributed by atoms with Gasteiger partial charge in [-0.05, 0) is 49.7 Å². The van der Waals surface area contributed by atoms with Gasteiger partial charge in [0.2, 0.25) is 5.56 Å². The Kier molecular flexibility index (Phi) is 7.71. The van der Waals surface area contributed by atoms with Crippen LogP contribution in [0.2, 0.25) is 0 Å². The van der Waals surface area contributed by atoms with Gasteiger partial charge in [0.1, 0.15) is 0 Å². The third-order valence-corrected chi connectivity index (χ3v) is 5.50. The van der Waals surface area contributed by atoms with Crippen molar-refractivity contribution in [1.82, 2.24) is 14.8 Å². The summed E-state index contributed by atoms with van der Waals surface area (Å²) >= 11 is 0. The average molecular weight is 381 g/mol. The van der Waals surface area contributed by atoms with E-state index in [9.17, 15) is 4.79 Å². The zero-order chi connectivity index (χ0) is 19.6. The number of rotatable bonds is 7. The van der Waals surface area contributed by atoms with Crippen molar-refractivity contribution in [2.75, 3.05) is 26.7 Å². The van der Waals surface area contributed by atoms with E-state index in [0.717, 1.165) is 50.9 Å². The number of nitrogens with one attached hydrogen (secondary N) is 1. The highest BCUT2D eigenvalue weighted by Gasteiger charge is 2.21. The number of pyridine rings is 1. The standard InChI is InChI=1S/C23H32N4O/c1-24-23(25-14-6-8-16-26-15-7-5-11-22(26)28)27-17-12-21(13-18-27)19-20-9-3-2-4-10-20/h2-5,7,9-11,15,21H,6,8,12-14,16-19H2,1H3,(H,24,25). The van der Waals surface area contributed by atoms with E-state index in [-0.39, 0.29) is 5.56 Å². The maximum Gasteiger partial charge on any atom is 0.250 e. The van der Waals surface area contributed by atoms with Gasteiger partial charge in [-0.15, -0.1) is 0 Å². The second-order valence-corrected chi connectivity index (χ2v) is 7.53. The summed E-state index contributed by atoms with van der Waals surface area (Å²) in [5.41, 5.74) is 1.52. The van der Waals surface area contributed by atoms with E-state index in [2.05, 4.69) is 45.5 Å². The molecule has 1 saturated heterocycles. The number of aryl methyl sites for hydroxylation is 1. The van der Waals surface area contributed by atoms with Gasteiger partial charge in [-0.3, -0.25) is 9.79 Å². The first-order valence-corrected chi connectivity index (χ1v) is 10.4. The summed E-state index contributed by atoms with van der Waals surface area (Å²) in [5.74, 6) is 1.77. The highest BCUT2D eigenvalue weighted by atomic mass is 16.1. The van der Waals surface area contributed by atoms with Crippen LogP contribution in [0, 0.1) is 5.92 Å². The van der Waals surface area contributed by atoms with Crippen molar-refractivity contribution in [2.24, 2.45) is 10.9 Å². The molecule has 1 aromatic heterocycles. The number of aromatic nitrogens is 1. The van der Waals surface area contributed by atoms with Crippen LogP contribution in [0.1, 0.15) is 31.2 Å². The fourth-order valence-electron chi connectivity index (χ4n) is 3.88. The molecular formula is C23H32N4O. The van der Waals surface area contributed by atoms with Crippen molar-refractivity contribution >= 4 is 5.96 Å². The lowest BCUT2D eigenvalue weighted by molar-refractivity contribution is 0.259. The molecule has 0 unspecified atom stereocenters. The fraction of sp³-hybridized carbons (Fsp3) is 0.478. The predicted octanol–water partition coefficient (Wildman–Crippen LogP) is 3.16. The molecule has 0 amide bonds. The van der Waals surface area contributed by atoms with E-state index < -0.39 is 0 Å². The lowest BCUT2D eigenvalue weighted by Crippen LogP contribution is -2.46. The van der Waals surface area contributed by atoms with Gasteiger partial charge >= 0.3 is 0 Å². The van der Waals surface area contributed by atoms with E-state index in [0.29, 0.717) is 0 Å². The lowest BCUT2D eigenvalue weighted by atomic mass is 9.90. The molecule has 3 rings (SSSR count). The smallest absolute Gasteiger partial charge is 0.250 e. The predicted molar refractivity (Wildman–Crippen MR) is 116 cm³/mol. The second-order valence-electron chi connectivity index (χ2n) is 7.53. The summed E-state index contributed by atoms with van der Waals surface area (Å²) in [6, 6.07) is 16.1. The molecule has 2 aromatic rings. The van der Waals surface area contributed by atoms with Crippen LogP contribution < -0.4 is 10.9 Å². The van der Waals surface area contributed by atoms with Crippen molar-refractivity contribution in [1.29, 1.82) is 0 Å². The Morgan fingerprint density at radius 2 is 1.82 bits per heavy atom. The van der Waals surface area contributed by atoms with E-state index in [1.165, 1.54) is 24.8 Å². The van der Waals surface area contributed by atoms with Crippen LogP contribution in [0.25, 0.3) is 0 Å². The molecule has 0 saturated carbocycles. The van der Waals surface area contributed by atoms with Crippen LogP contribution in [-0.2, 0) is 13.0 Å². The van der Waals surface area contributed by atoms with Crippen molar-refractivity contribution in [3.05, 3.63) is 70.6 Å². The zero-order valence-electron chi connectivity index (χ0n) is 16.9. The Labute approximate surface area is 168 Å². The number of likely N-dealkylation sites (tertiary alicyclic amines) is 1. The Balaban J connectivity index is 1.35. The molecule has 0 aliphatic carbocycles. The van der Waals surface area contributed by atoms with E-state index >= 15 is 0 Å². The summed E-state index contributed by atoms with van der Waals surface area (Å²) in [6.07, 6.45) is 7.46. The minimum absolute atomic E-state index is 0.0737. The van der Waals surface area contributed by atoms with Crippen LogP contribution in [0.15, 0.2) is 64.5 Å². The normalized spacial score (nSPS) is 15.6. The summed E-state index contributed by atoms with van der Waals surface area (Å²) < 4.78 is 1.77. The van der Waals surface area contributed by atoms with Crippen LogP contribution in [0.4, 0.5) is 0 Å². The topological polar surface area (TPSA) is 49.6 Å². The van der Waals surface area contributed by atoms with Gasteiger partial charge in [0.25, 0.3) is 0 Å². The number of piperidine rings is 1. The number of aliphatic imine (C=N–C) groups is 1. The Morgan fingerprint density at radius 3 is 2.54 bits per heavy atom. The molecule has 150 valence electrons. The molecule has 0 bridgehead atoms. The molecule has 0 radical (unpaired) electrons. The summed E-state index contributed by atoms with van der Waals surface area (Å²) in [5, 5.41) is 3.49. The number of guanidine groups is 1. The van der Waals surface area contributed by atoms with Gasteiger partial charge in [-0.2, -0.15) is 0 Å². The first-order valence-electron chi connectivity index (χ1n) is 10.4. The van der Waals surface area contributed by atoms with E-state index in [1.54, 1.807) is 16.7 Å². The molecule has 1 aromatic carbocycles. The molecule has 0 atom stereocenters. The van der Waals surface area contributed by atoms with Crippen LogP contribution in [-0.4, -0.2) is 42.1 Å². The highest BCUT2D eigenvalue weighted by molar-refractivity contribution is 5.79. The molecule has 1 N–H and O–H groups in total. The third-order valence-electron chi connectivity index (χ3n) is 5.50.